The van der Waals surface area contributed by atoms with E-state index in [0.29, 0.717) is 35.1 Å². The Morgan fingerprint density at radius 2 is 1.79 bits per heavy atom. The molecule has 0 aliphatic heterocycles. The molecule has 210 valence electrons. The van der Waals surface area contributed by atoms with Gasteiger partial charge in [0.05, 0.1) is 16.9 Å². The predicted octanol–water partition coefficient (Wildman–Crippen LogP) is 5.88. The lowest BCUT2D eigenvalue weighted by Gasteiger charge is -2.24. The number of halogens is 3. The van der Waals surface area contributed by atoms with E-state index in [2.05, 4.69) is 14.1 Å². The van der Waals surface area contributed by atoms with E-state index in [0.717, 1.165) is 55.3 Å². The van der Waals surface area contributed by atoms with Gasteiger partial charge in [0, 0.05) is 5.56 Å². The van der Waals surface area contributed by atoms with Gasteiger partial charge in [-0.05, 0) is 86.0 Å². The summed E-state index contributed by atoms with van der Waals surface area (Å²) in [7, 11) is -3.82. The SMILES string of the molecule is CCC(c1nc2ccc(-c3ccc(OS(=O)(=O)C(F)(F)F)c4c3CC3(CCCC3)C4)cc2c(=O)[nH]1)N(C)CC. The predicted molar refractivity (Wildman–Crippen MR) is 143 cm³/mol. The maximum atomic E-state index is 13.1. The monoisotopic (exact) mass is 563 g/mol. The zero-order valence-electron chi connectivity index (χ0n) is 22.2. The van der Waals surface area contributed by atoms with Gasteiger partial charge in [-0.3, -0.25) is 9.69 Å². The third-order valence-electron chi connectivity index (χ3n) is 8.41. The van der Waals surface area contributed by atoms with Crippen LogP contribution in [0.25, 0.3) is 22.0 Å². The molecule has 7 nitrogen and oxygen atoms in total. The highest BCUT2D eigenvalue weighted by Gasteiger charge is 2.50. The normalized spacial score (nSPS) is 17.7. The molecule has 1 atom stereocenters. The van der Waals surface area contributed by atoms with Crippen molar-refractivity contribution in [3.8, 4) is 16.9 Å². The van der Waals surface area contributed by atoms with Crippen LogP contribution in [0.3, 0.4) is 0 Å². The molecule has 1 saturated carbocycles. The molecule has 1 aromatic heterocycles. The molecule has 1 unspecified atom stereocenters. The number of rotatable bonds is 7. The quantitative estimate of drug-likeness (QED) is 0.285. The number of hydrogen-bond acceptors (Lipinski definition) is 6. The highest BCUT2D eigenvalue weighted by atomic mass is 32.2. The minimum atomic E-state index is -5.80. The average molecular weight is 564 g/mol. The minimum Gasteiger partial charge on any atom is -0.376 e. The van der Waals surface area contributed by atoms with Gasteiger partial charge in [-0.15, -0.1) is 0 Å². The standard InChI is InChI=1S/C28H32F3N3O4S/c1-4-23(34(3)5-2)25-32-22-10-8-17(14-19(22)26(35)33-25)18-9-11-24(38-39(36,37)28(29,30)31)21-16-27(15-20(18)21)12-6-7-13-27/h8-11,14,23H,4-7,12-13,15-16H2,1-3H3,(H,32,33,35). The molecule has 0 amide bonds. The summed E-state index contributed by atoms with van der Waals surface area (Å²) >= 11 is 0. The van der Waals surface area contributed by atoms with Gasteiger partial charge in [-0.2, -0.15) is 21.6 Å². The zero-order chi connectivity index (χ0) is 28.2. The lowest BCUT2D eigenvalue weighted by molar-refractivity contribution is -0.0500. The average Bonchev–Trinajstić information content (AvgIpc) is 3.50. The Labute approximate surface area is 225 Å². The Balaban J connectivity index is 1.60. The molecule has 0 bridgehead atoms. The first kappa shape index (κ1) is 27.6. The highest BCUT2D eigenvalue weighted by Crippen LogP contribution is 2.53. The van der Waals surface area contributed by atoms with Crippen molar-refractivity contribution in [2.75, 3.05) is 13.6 Å². The van der Waals surface area contributed by atoms with Crippen molar-refractivity contribution in [3.05, 3.63) is 57.6 Å². The molecule has 0 saturated heterocycles. The lowest BCUT2D eigenvalue weighted by atomic mass is 9.83. The number of nitrogens with zero attached hydrogens (tertiary/aromatic N) is 2. The second kappa shape index (κ2) is 9.92. The summed E-state index contributed by atoms with van der Waals surface area (Å²) in [6, 6.07) is 8.25. The molecule has 3 aromatic rings. The Bertz CT molecular complexity index is 1580. The van der Waals surface area contributed by atoms with Crippen molar-refractivity contribution < 1.29 is 25.8 Å². The van der Waals surface area contributed by atoms with Crippen molar-refractivity contribution in [2.45, 2.75) is 70.3 Å². The van der Waals surface area contributed by atoms with Gasteiger partial charge in [0.1, 0.15) is 11.6 Å². The number of aromatic amines is 1. The van der Waals surface area contributed by atoms with Crippen LogP contribution in [-0.4, -0.2) is 42.4 Å². The first-order valence-corrected chi connectivity index (χ1v) is 14.7. The third kappa shape index (κ3) is 4.95. The van der Waals surface area contributed by atoms with Gasteiger partial charge in [0.2, 0.25) is 0 Å². The van der Waals surface area contributed by atoms with E-state index < -0.39 is 15.6 Å². The number of benzene rings is 2. The number of aromatic nitrogens is 2. The van der Waals surface area contributed by atoms with Crippen LogP contribution in [0.1, 0.15) is 68.9 Å². The summed E-state index contributed by atoms with van der Waals surface area (Å²) in [4.78, 5) is 22.9. The first-order chi connectivity index (χ1) is 18.4. The molecular formula is C28H32F3N3O4S. The maximum absolute atomic E-state index is 13.1. The van der Waals surface area contributed by atoms with Crippen molar-refractivity contribution in [2.24, 2.45) is 5.41 Å². The second-order valence-corrected chi connectivity index (χ2v) is 12.3. The summed E-state index contributed by atoms with van der Waals surface area (Å²) in [6.07, 6.45) is 5.74. The van der Waals surface area contributed by atoms with Gasteiger partial charge in [-0.1, -0.05) is 38.8 Å². The Hall–Kier alpha value is -2.92. The molecule has 1 heterocycles. The lowest BCUT2D eigenvalue weighted by Crippen LogP contribution is -2.28. The van der Waals surface area contributed by atoms with E-state index in [1.54, 1.807) is 18.2 Å². The first-order valence-electron chi connectivity index (χ1n) is 13.3. The number of hydrogen-bond donors (Lipinski definition) is 1. The second-order valence-electron chi connectivity index (χ2n) is 10.8. The molecule has 11 heteroatoms. The summed E-state index contributed by atoms with van der Waals surface area (Å²) in [5.74, 6) is 0.328. The Kier molecular flexibility index (Phi) is 7.03. The number of fused-ring (bicyclic) bond motifs is 2. The molecule has 0 radical (unpaired) electrons. The molecule has 1 N–H and O–H groups in total. The van der Waals surface area contributed by atoms with Gasteiger partial charge < -0.3 is 9.17 Å². The highest BCUT2D eigenvalue weighted by molar-refractivity contribution is 7.88. The fourth-order valence-corrected chi connectivity index (χ4v) is 6.78. The van der Waals surface area contributed by atoms with Crippen LogP contribution in [0, 0.1) is 5.41 Å². The summed E-state index contributed by atoms with van der Waals surface area (Å²) in [5.41, 5.74) is -2.59. The van der Waals surface area contributed by atoms with Crippen LogP contribution in [-0.2, 0) is 23.0 Å². The van der Waals surface area contributed by atoms with Crippen molar-refractivity contribution >= 4 is 21.0 Å². The summed E-state index contributed by atoms with van der Waals surface area (Å²) in [5, 5.41) is 0.410. The zero-order valence-corrected chi connectivity index (χ0v) is 23.0. The minimum absolute atomic E-state index is 0.0295. The van der Waals surface area contributed by atoms with Crippen molar-refractivity contribution in [1.82, 2.24) is 14.9 Å². The Morgan fingerprint density at radius 1 is 1.10 bits per heavy atom. The van der Waals surface area contributed by atoms with E-state index in [-0.39, 0.29) is 22.8 Å². The fraction of sp³-hybridized carbons (Fsp3) is 0.500. The number of nitrogens with one attached hydrogen (secondary N) is 1. The van der Waals surface area contributed by atoms with E-state index >= 15 is 0 Å². The molecule has 1 fully saturated rings. The molecule has 2 aromatic carbocycles. The van der Waals surface area contributed by atoms with E-state index in [4.69, 9.17) is 4.98 Å². The van der Waals surface area contributed by atoms with Crippen LogP contribution in [0.15, 0.2) is 35.1 Å². The van der Waals surface area contributed by atoms with Gasteiger partial charge in [-0.25, -0.2) is 4.98 Å². The molecule has 39 heavy (non-hydrogen) atoms. The molecular weight excluding hydrogens is 531 g/mol. The molecule has 2 aliphatic carbocycles. The van der Waals surface area contributed by atoms with Crippen LogP contribution in [0.2, 0.25) is 0 Å². The van der Waals surface area contributed by atoms with Gasteiger partial charge in [0.15, 0.2) is 0 Å². The van der Waals surface area contributed by atoms with Gasteiger partial charge >= 0.3 is 15.6 Å². The third-order valence-corrected chi connectivity index (χ3v) is 9.37. The smallest absolute Gasteiger partial charge is 0.376 e. The number of alkyl halides is 3. The van der Waals surface area contributed by atoms with Crippen LogP contribution in [0.4, 0.5) is 13.2 Å². The van der Waals surface area contributed by atoms with E-state index in [1.165, 1.54) is 6.07 Å². The summed E-state index contributed by atoms with van der Waals surface area (Å²) in [6.45, 7) is 4.88. The number of H-pyrrole nitrogens is 1. The van der Waals surface area contributed by atoms with Crippen molar-refractivity contribution in [1.29, 1.82) is 0 Å². The van der Waals surface area contributed by atoms with E-state index in [1.807, 2.05) is 27.0 Å². The maximum Gasteiger partial charge on any atom is 0.534 e. The topological polar surface area (TPSA) is 92.4 Å². The van der Waals surface area contributed by atoms with Crippen LogP contribution < -0.4 is 9.74 Å². The fourth-order valence-electron chi connectivity index (χ4n) is 6.29. The summed E-state index contributed by atoms with van der Waals surface area (Å²) < 4.78 is 67.6. The largest absolute Gasteiger partial charge is 0.534 e. The Morgan fingerprint density at radius 3 is 2.44 bits per heavy atom. The van der Waals surface area contributed by atoms with Crippen LogP contribution >= 0.6 is 0 Å². The molecule has 5 rings (SSSR count). The van der Waals surface area contributed by atoms with Crippen molar-refractivity contribution in [3.63, 3.8) is 0 Å². The van der Waals surface area contributed by atoms with Crippen LogP contribution in [0.5, 0.6) is 5.75 Å². The van der Waals surface area contributed by atoms with E-state index in [9.17, 15) is 26.4 Å². The molecule has 1 spiro atoms. The molecule has 2 aliphatic rings. The van der Waals surface area contributed by atoms with Gasteiger partial charge in [0.25, 0.3) is 5.56 Å².